The molecule has 0 aliphatic heterocycles. The summed E-state index contributed by atoms with van der Waals surface area (Å²) in [6, 6.07) is 29.4. The van der Waals surface area contributed by atoms with E-state index in [-0.39, 0.29) is 0 Å². The minimum absolute atomic E-state index is 0.313. The zero-order valence-corrected chi connectivity index (χ0v) is 14.9. The Bertz CT molecular complexity index is 688. The Morgan fingerprint density at radius 1 is 0.520 bits per heavy atom. The Morgan fingerprint density at radius 3 is 1.12 bits per heavy atom. The Morgan fingerprint density at radius 2 is 0.840 bits per heavy atom. The summed E-state index contributed by atoms with van der Waals surface area (Å²) in [6.07, 6.45) is 2.14. The lowest BCUT2D eigenvalue weighted by atomic mass is 10.3. The van der Waals surface area contributed by atoms with Gasteiger partial charge in [0.1, 0.15) is 17.2 Å². The SMILES string of the molecule is c1ccc(O[Si](Oc2ccccc2)(Oc2ccccc2)C2CC2)cc1. The van der Waals surface area contributed by atoms with Crippen molar-refractivity contribution < 1.29 is 13.3 Å². The summed E-state index contributed by atoms with van der Waals surface area (Å²) in [5, 5.41) is 0. The third-order valence-corrected chi connectivity index (χ3v) is 7.23. The number of para-hydroxylation sites is 3. The van der Waals surface area contributed by atoms with Gasteiger partial charge < -0.3 is 13.3 Å². The topological polar surface area (TPSA) is 27.7 Å². The van der Waals surface area contributed by atoms with Crippen molar-refractivity contribution in [2.45, 2.75) is 18.4 Å². The van der Waals surface area contributed by atoms with Gasteiger partial charge in [-0.05, 0) is 49.2 Å². The fourth-order valence-electron chi connectivity index (χ4n) is 2.71. The molecule has 0 saturated heterocycles. The summed E-state index contributed by atoms with van der Waals surface area (Å²) in [6.45, 7) is 0. The Hall–Kier alpha value is -2.72. The standard InChI is InChI=1S/C21H20O3Si/c1-4-10-18(11-5-1)22-25(21-16-17-21,23-19-12-6-2-7-13-19)24-20-14-8-3-9-15-20/h1-15,21H,16-17H2. The summed E-state index contributed by atoms with van der Waals surface area (Å²) in [5.41, 5.74) is 0.313. The summed E-state index contributed by atoms with van der Waals surface area (Å²) in [4.78, 5) is 0. The fraction of sp³-hybridized carbons (Fsp3) is 0.143. The molecule has 0 N–H and O–H groups in total. The van der Waals surface area contributed by atoms with Crippen molar-refractivity contribution in [2.75, 3.05) is 0 Å². The second-order valence-corrected chi connectivity index (χ2v) is 8.76. The highest BCUT2D eigenvalue weighted by Gasteiger charge is 2.62. The van der Waals surface area contributed by atoms with E-state index in [9.17, 15) is 0 Å². The molecule has 0 radical (unpaired) electrons. The monoisotopic (exact) mass is 348 g/mol. The van der Waals surface area contributed by atoms with Gasteiger partial charge in [0.15, 0.2) is 0 Å². The Kier molecular flexibility index (Phi) is 4.44. The first kappa shape index (κ1) is 15.8. The van der Waals surface area contributed by atoms with E-state index in [2.05, 4.69) is 0 Å². The summed E-state index contributed by atoms with van der Waals surface area (Å²) >= 11 is 0. The van der Waals surface area contributed by atoms with Gasteiger partial charge in [0.2, 0.25) is 0 Å². The van der Waals surface area contributed by atoms with Crippen LogP contribution in [0.15, 0.2) is 91.0 Å². The van der Waals surface area contributed by atoms with Crippen LogP contribution in [0, 0.1) is 0 Å². The van der Waals surface area contributed by atoms with E-state index in [0.717, 1.165) is 30.1 Å². The predicted molar refractivity (Wildman–Crippen MR) is 99.9 cm³/mol. The van der Waals surface area contributed by atoms with Crippen LogP contribution in [0.1, 0.15) is 12.8 Å². The van der Waals surface area contributed by atoms with Gasteiger partial charge in [0.05, 0.1) is 5.54 Å². The molecule has 0 aromatic heterocycles. The van der Waals surface area contributed by atoms with E-state index in [1.807, 2.05) is 91.0 Å². The van der Waals surface area contributed by atoms with Crippen molar-refractivity contribution in [3.8, 4) is 17.2 Å². The molecule has 0 amide bonds. The largest absolute Gasteiger partial charge is 0.702 e. The molecule has 126 valence electrons. The molecular formula is C21H20O3Si. The Balaban J connectivity index is 1.69. The van der Waals surface area contributed by atoms with Gasteiger partial charge in [-0.3, -0.25) is 0 Å². The maximum Gasteiger partial charge on any atom is 0.702 e. The molecule has 25 heavy (non-hydrogen) atoms. The van der Waals surface area contributed by atoms with Gasteiger partial charge in [-0.2, -0.15) is 0 Å². The molecule has 4 rings (SSSR count). The van der Waals surface area contributed by atoms with Crippen LogP contribution in [0.2, 0.25) is 5.54 Å². The van der Waals surface area contributed by atoms with Crippen molar-refractivity contribution in [3.05, 3.63) is 91.0 Å². The molecule has 0 spiro atoms. The number of hydrogen-bond donors (Lipinski definition) is 0. The first-order valence-electron chi connectivity index (χ1n) is 8.56. The highest BCUT2D eigenvalue weighted by atomic mass is 28.4. The molecule has 3 aromatic rings. The zero-order chi connectivity index (χ0) is 17.0. The summed E-state index contributed by atoms with van der Waals surface area (Å²) < 4.78 is 19.3. The average molecular weight is 348 g/mol. The van der Waals surface area contributed by atoms with Gasteiger partial charge in [0, 0.05) is 0 Å². The smallest absolute Gasteiger partial charge is 0.483 e. The molecule has 4 heteroatoms. The van der Waals surface area contributed by atoms with Crippen molar-refractivity contribution in [1.29, 1.82) is 0 Å². The third kappa shape index (κ3) is 3.86. The molecular weight excluding hydrogens is 328 g/mol. The van der Waals surface area contributed by atoms with Gasteiger partial charge in [-0.1, -0.05) is 54.6 Å². The van der Waals surface area contributed by atoms with Crippen LogP contribution in [-0.2, 0) is 0 Å². The highest BCUT2D eigenvalue weighted by Crippen LogP contribution is 2.47. The predicted octanol–water partition coefficient (Wildman–Crippen LogP) is 5.33. The van der Waals surface area contributed by atoms with Crippen LogP contribution < -0.4 is 13.3 Å². The van der Waals surface area contributed by atoms with Crippen LogP contribution in [0.4, 0.5) is 0 Å². The molecule has 3 nitrogen and oxygen atoms in total. The lowest BCUT2D eigenvalue weighted by Gasteiger charge is -2.30. The van der Waals surface area contributed by atoms with Crippen molar-refractivity contribution in [2.24, 2.45) is 0 Å². The van der Waals surface area contributed by atoms with E-state index < -0.39 is 8.80 Å². The quantitative estimate of drug-likeness (QED) is 0.540. The van der Waals surface area contributed by atoms with E-state index in [4.69, 9.17) is 13.3 Å². The van der Waals surface area contributed by atoms with Crippen LogP contribution in [0.5, 0.6) is 17.2 Å². The Labute approximate surface area is 149 Å². The zero-order valence-electron chi connectivity index (χ0n) is 13.9. The summed E-state index contributed by atoms with van der Waals surface area (Å²) in [5.74, 6) is 2.36. The molecule has 0 atom stereocenters. The van der Waals surface area contributed by atoms with Crippen molar-refractivity contribution >= 4 is 8.80 Å². The van der Waals surface area contributed by atoms with Crippen LogP contribution in [0.3, 0.4) is 0 Å². The second kappa shape index (κ2) is 7.03. The average Bonchev–Trinajstić information content (AvgIpc) is 3.50. The molecule has 1 aliphatic carbocycles. The van der Waals surface area contributed by atoms with Crippen molar-refractivity contribution in [3.63, 3.8) is 0 Å². The van der Waals surface area contributed by atoms with Gasteiger partial charge in [-0.25, -0.2) is 0 Å². The summed E-state index contributed by atoms with van der Waals surface area (Å²) in [7, 11) is -2.98. The molecule has 0 bridgehead atoms. The fourth-order valence-corrected chi connectivity index (χ4v) is 5.60. The van der Waals surface area contributed by atoms with E-state index >= 15 is 0 Å². The maximum absolute atomic E-state index is 6.43. The van der Waals surface area contributed by atoms with Crippen molar-refractivity contribution in [1.82, 2.24) is 0 Å². The lowest BCUT2D eigenvalue weighted by molar-refractivity contribution is 0.258. The number of rotatable bonds is 7. The van der Waals surface area contributed by atoms with E-state index in [1.165, 1.54) is 0 Å². The van der Waals surface area contributed by atoms with Gasteiger partial charge in [-0.15, -0.1) is 0 Å². The normalized spacial score (nSPS) is 13.9. The third-order valence-electron chi connectivity index (χ3n) is 4.09. The molecule has 1 fully saturated rings. The lowest BCUT2D eigenvalue weighted by Crippen LogP contribution is -2.55. The van der Waals surface area contributed by atoms with E-state index in [1.54, 1.807) is 0 Å². The van der Waals surface area contributed by atoms with Crippen LogP contribution in [-0.4, -0.2) is 8.80 Å². The second-order valence-electron chi connectivity index (χ2n) is 6.12. The number of benzene rings is 3. The minimum atomic E-state index is -2.98. The van der Waals surface area contributed by atoms with E-state index in [0.29, 0.717) is 5.54 Å². The van der Waals surface area contributed by atoms with Crippen LogP contribution >= 0.6 is 0 Å². The molecule has 3 aromatic carbocycles. The first-order valence-corrected chi connectivity index (χ1v) is 10.4. The maximum atomic E-state index is 6.43. The first-order chi connectivity index (χ1) is 12.3. The number of hydrogen-bond acceptors (Lipinski definition) is 3. The molecule has 1 saturated carbocycles. The molecule has 0 heterocycles. The van der Waals surface area contributed by atoms with Gasteiger partial charge in [0.25, 0.3) is 0 Å². The van der Waals surface area contributed by atoms with Crippen LogP contribution in [0.25, 0.3) is 0 Å². The molecule has 0 unspecified atom stereocenters. The minimum Gasteiger partial charge on any atom is -0.483 e. The highest BCUT2D eigenvalue weighted by molar-refractivity contribution is 6.65. The molecule has 1 aliphatic rings. The van der Waals surface area contributed by atoms with Gasteiger partial charge >= 0.3 is 8.80 Å².